The first-order chi connectivity index (χ1) is 6.65. The Bertz CT molecular complexity index is 244. The topological polar surface area (TPSA) is 12.0 Å². The number of halogens is 2. The largest absolute Gasteiger partial charge is 0.147 e. The van der Waals surface area contributed by atoms with E-state index >= 15 is 0 Å². The molecule has 0 aromatic rings. The molecule has 1 unspecified atom stereocenters. The molecule has 0 amide bonds. The minimum atomic E-state index is -1.35. The van der Waals surface area contributed by atoms with E-state index in [4.69, 9.17) is 0 Å². The summed E-state index contributed by atoms with van der Waals surface area (Å²) < 4.78 is 5.76. The van der Waals surface area contributed by atoms with Crippen molar-refractivity contribution in [1.82, 2.24) is 3.26 Å². The Morgan fingerprint density at radius 2 is 2.06 bits per heavy atom. The molecule has 1 nitrogen and oxygen atoms in total. The van der Waals surface area contributed by atoms with Crippen LogP contribution in [0.25, 0.3) is 0 Å². The second kappa shape index (κ2) is 10.1. The summed E-state index contributed by atoms with van der Waals surface area (Å²) in [5.41, 5.74) is 0. The average Bonchev–Trinajstić information content (AvgIpc) is 2.65. The quantitative estimate of drug-likeness (QED) is 0.739. The van der Waals surface area contributed by atoms with Crippen LogP contribution in [0.15, 0.2) is 21.5 Å². The minimum absolute atomic E-state index is 0. The summed E-state index contributed by atoms with van der Waals surface area (Å²) in [6, 6.07) is 0.737. The van der Waals surface area contributed by atoms with E-state index in [9.17, 15) is 0 Å². The first kappa shape index (κ1) is 19.5. The smallest absolute Gasteiger partial charge is 0.147 e. The third kappa shape index (κ3) is 6.16. The zero-order valence-electron chi connectivity index (χ0n) is 10.6. The summed E-state index contributed by atoms with van der Waals surface area (Å²) in [6.45, 7) is 9.65. The van der Waals surface area contributed by atoms with Crippen LogP contribution in [0.5, 0.6) is 0 Å². The Hall–Kier alpha value is 1.12. The van der Waals surface area contributed by atoms with Crippen LogP contribution in [0.4, 0.5) is 0 Å². The van der Waals surface area contributed by atoms with Gasteiger partial charge in [0, 0.05) is 0 Å². The van der Waals surface area contributed by atoms with Crippen molar-refractivity contribution in [2.45, 2.75) is 45.8 Å². The Balaban J connectivity index is 0. The molecule has 1 aliphatic rings. The summed E-state index contributed by atoms with van der Waals surface area (Å²) >= 11 is -1.35. The first-order valence-corrected chi connectivity index (χ1v) is 15.2. The molecule has 0 bridgehead atoms. The fourth-order valence-electron chi connectivity index (χ4n) is 1.64. The van der Waals surface area contributed by atoms with Crippen LogP contribution in [-0.2, 0) is 21.2 Å². The molecule has 0 saturated carbocycles. The van der Waals surface area contributed by atoms with Gasteiger partial charge in [-0.2, -0.15) is 0 Å². The van der Waals surface area contributed by atoms with Gasteiger partial charge in [0.2, 0.25) is 0 Å². The van der Waals surface area contributed by atoms with Gasteiger partial charge in [0.1, 0.15) is 0 Å². The number of allylic oxidation sites excluding steroid dienone is 4. The van der Waals surface area contributed by atoms with Gasteiger partial charge in [-0.1, -0.05) is 0 Å². The summed E-state index contributed by atoms with van der Waals surface area (Å²) in [7, 11) is 0. The van der Waals surface area contributed by atoms with Gasteiger partial charge in [0.05, 0.1) is 0 Å². The fourth-order valence-corrected chi connectivity index (χ4v) is 17.4. The molecule has 0 radical (unpaired) electrons. The van der Waals surface area contributed by atoms with E-state index in [-0.39, 0.29) is 24.8 Å². The van der Waals surface area contributed by atoms with Crippen LogP contribution in [0, 0.1) is 0 Å². The molecule has 95 valence electrons. The predicted octanol–water partition coefficient (Wildman–Crippen LogP) is 3.58. The molecule has 0 saturated heterocycles. The first-order valence-electron chi connectivity index (χ1n) is 5.64. The Morgan fingerprint density at radius 1 is 1.44 bits per heavy atom. The normalized spacial score (nSPS) is 15.2. The summed E-state index contributed by atoms with van der Waals surface area (Å²) in [5.74, 6) is -0.431. The Labute approximate surface area is 122 Å². The molecule has 1 rings (SSSR count). The second-order valence-electron chi connectivity index (χ2n) is 4.35. The Kier molecular flexibility index (Phi) is 12.3. The molecule has 1 atom stereocenters. The van der Waals surface area contributed by atoms with Crippen molar-refractivity contribution in [2.75, 3.05) is 0 Å². The number of nitrogens with one attached hydrogen (secondary N) is 1. The van der Waals surface area contributed by atoms with E-state index in [0.717, 1.165) is 6.04 Å². The van der Waals surface area contributed by atoms with Gasteiger partial charge in [-0.25, -0.2) is 0 Å². The van der Waals surface area contributed by atoms with E-state index in [1.165, 1.54) is 12.8 Å². The minimum Gasteiger partial charge on any atom is -0.147 e. The van der Waals surface area contributed by atoms with Crippen molar-refractivity contribution < 1.29 is 21.2 Å². The number of hydrogen-bond donors (Lipinski definition) is 1. The molecule has 0 fully saturated rings. The van der Waals surface area contributed by atoms with E-state index in [2.05, 4.69) is 48.4 Å². The number of rotatable bonds is 5. The molecule has 0 heterocycles. The fraction of sp³-hybridized carbons (Fsp3) is 0.636. The van der Waals surface area contributed by atoms with Gasteiger partial charge in [-0.05, 0) is 0 Å². The molecule has 5 heteroatoms. The second-order valence-corrected chi connectivity index (χ2v) is 22.9. The maximum atomic E-state index is 3.96. The van der Waals surface area contributed by atoms with E-state index in [1.807, 2.05) is 0 Å². The third-order valence-electron chi connectivity index (χ3n) is 2.71. The van der Waals surface area contributed by atoms with Crippen LogP contribution < -0.4 is 3.26 Å². The molecule has 1 N–H and O–H groups in total. The van der Waals surface area contributed by atoms with Gasteiger partial charge < -0.3 is 0 Å². The molecule has 16 heavy (non-hydrogen) atoms. The van der Waals surface area contributed by atoms with Crippen molar-refractivity contribution >= 4 is 30.7 Å². The Morgan fingerprint density at radius 3 is 2.44 bits per heavy atom. The van der Waals surface area contributed by atoms with Gasteiger partial charge >= 0.3 is 97.7 Å². The summed E-state index contributed by atoms with van der Waals surface area (Å²) in [5, 5.41) is 0. The molecule has 0 aromatic heterocycles. The van der Waals surface area contributed by atoms with E-state index < -0.39 is 27.1 Å². The van der Waals surface area contributed by atoms with Crippen molar-refractivity contribution in [2.24, 2.45) is 0 Å². The standard InChI is InChI=1S/C5H5.C4H10N.C2H7Si.2ClH.Zr/c1-2-4-5-3-1;1-3-4(2)5;1-3-2;;;/h1-3H,4H2;4-5H,3H2,1-2H3;3H,1-2H3;2*1H;/q;-1;;;;+1. The SMILES string of the molecule is CCC(C)[NH][Zr]([C]1=CC=CC1)[SiH](C)C.Cl.Cl. The summed E-state index contributed by atoms with van der Waals surface area (Å²) in [6.07, 6.45) is 9.46. The molecule has 0 spiro atoms. The molecule has 0 aromatic carbocycles. The van der Waals surface area contributed by atoms with Gasteiger partial charge in [0.25, 0.3) is 0 Å². The predicted molar refractivity (Wildman–Crippen MR) is 78.1 cm³/mol. The average molecular weight is 361 g/mol. The van der Waals surface area contributed by atoms with Crippen LogP contribution in [-0.4, -0.2) is 12.0 Å². The molecule has 1 aliphatic carbocycles. The van der Waals surface area contributed by atoms with Crippen molar-refractivity contribution in [3.63, 3.8) is 0 Å². The molecular formula is C11H24Cl2NSiZr. The van der Waals surface area contributed by atoms with Gasteiger partial charge in [-0.3, -0.25) is 0 Å². The van der Waals surface area contributed by atoms with Crippen LogP contribution >= 0.6 is 24.8 Å². The number of hydrogen-bond acceptors (Lipinski definition) is 1. The van der Waals surface area contributed by atoms with Crippen molar-refractivity contribution in [3.05, 3.63) is 21.5 Å². The maximum Gasteiger partial charge on any atom is -0.147 e. The third-order valence-corrected chi connectivity index (χ3v) is 20.1. The van der Waals surface area contributed by atoms with Gasteiger partial charge in [0.15, 0.2) is 0 Å². The zero-order valence-corrected chi connectivity index (χ0v) is 15.9. The molecule has 0 aliphatic heterocycles. The van der Waals surface area contributed by atoms with Crippen LogP contribution in [0.3, 0.4) is 0 Å². The van der Waals surface area contributed by atoms with Crippen molar-refractivity contribution in [1.29, 1.82) is 0 Å². The molecular weight excluding hydrogens is 336 g/mol. The monoisotopic (exact) mass is 358 g/mol. The van der Waals surface area contributed by atoms with Crippen LogP contribution in [0.1, 0.15) is 26.7 Å². The summed E-state index contributed by atoms with van der Waals surface area (Å²) in [4.78, 5) is 0. The zero-order chi connectivity index (χ0) is 10.6. The van der Waals surface area contributed by atoms with Crippen LogP contribution in [0.2, 0.25) is 13.1 Å². The van der Waals surface area contributed by atoms with Gasteiger partial charge in [-0.15, -0.1) is 24.8 Å². The van der Waals surface area contributed by atoms with E-state index in [1.54, 1.807) is 3.28 Å². The van der Waals surface area contributed by atoms with Crippen molar-refractivity contribution in [3.8, 4) is 0 Å². The van der Waals surface area contributed by atoms with E-state index in [0.29, 0.717) is 0 Å². The maximum absolute atomic E-state index is 3.96.